The molecule has 4 nitrogen and oxygen atoms in total. The summed E-state index contributed by atoms with van der Waals surface area (Å²) in [6.45, 7) is 5.52. The average Bonchev–Trinajstić information content (AvgIpc) is 2.37. The molecule has 1 heterocycles. The van der Waals surface area contributed by atoms with Crippen LogP contribution in [0.3, 0.4) is 0 Å². The van der Waals surface area contributed by atoms with E-state index < -0.39 is 5.54 Å². The van der Waals surface area contributed by atoms with E-state index >= 15 is 0 Å². The standard InChI is InChI=1S/C14H17ClN2O2/c1-4-14(3)13(19)17(8-12(18)16-14)11-7-5-6-10(15)9(11)2/h5-7H,4,8H2,1-3H3,(H,16,18). The van der Waals surface area contributed by atoms with Gasteiger partial charge in [0.05, 0.1) is 0 Å². The number of halogens is 1. The van der Waals surface area contributed by atoms with Gasteiger partial charge in [-0.25, -0.2) is 0 Å². The fourth-order valence-corrected chi connectivity index (χ4v) is 2.41. The summed E-state index contributed by atoms with van der Waals surface area (Å²) >= 11 is 6.08. The monoisotopic (exact) mass is 280 g/mol. The van der Waals surface area contributed by atoms with Crippen LogP contribution >= 0.6 is 11.6 Å². The second kappa shape index (κ2) is 4.85. The first-order valence-electron chi connectivity index (χ1n) is 6.27. The Morgan fingerprint density at radius 1 is 1.42 bits per heavy atom. The van der Waals surface area contributed by atoms with Crippen molar-refractivity contribution < 1.29 is 9.59 Å². The van der Waals surface area contributed by atoms with Crippen LogP contribution in [0.2, 0.25) is 5.02 Å². The molecule has 0 bridgehead atoms. The van der Waals surface area contributed by atoms with Crippen LogP contribution in [0.15, 0.2) is 18.2 Å². The van der Waals surface area contributed by atoms with Gasteiger partial charge in [-0.2, -0.15) is 0 Å². The highest BCUT2D eigenvalue weighted by Crippen LogP contribution is 2.30. The van der Waals surface area contributed by atoms with Crippen LogP contribution in [0.25, 0.3) is 0 Å². The lowest BCUT2D eigenvalue weighted by Gasteiger charge is -2.39. The van der Waals surface area contributed by atoms with E-state index in [9.17, 15) is 9.59 Å². The average molecular weight is 281 g/mol. The molecule has 1 aromatic rings. The van der Waals surface area contributed by atoms with Crippen LogP contribution in [-0.2, 0) is 9.59 Å². The molecule has 1 aliphatic rings. The topological polar surface area (TPSA) is 49.4 Å². The lowest BCUT2D eigenvalue weighted by atomic mass is 9.93. The Bertz CT molecular complexity index is 544. The first-order valence-corrected chi connectivity index (χ1v) is 6.65. The van der Waals surface area contributed by atoms with Gasteiger partial charge in [0.1, 0.15) is 12.1 Å². The third kappa shape index (κ3) is 2.32. The maximum Gasteiger partial charge on any atom is 0.252 e. The number of piperazine rings is 1. The van der Waals surface area contributed by atoms with Gasteiger partial charge in [0.15, 0.2) is 0 Å². The van der Waals surface area contributed by atoms with E-state index in [0.29, 0.717) is 17.1 Å². The number of benzene rings is 1. The van der Waals surface area contributed by atoms with Crippen molar-refractivity contribution >= 4 is 29.1 Å². The number of anilines is 1. The molecule has 1 atom stereocenters. The van der Waals surface area contributed by atoms with Gasteiger partial charge in [-0.3, -0.25) is 9.59 Å². The molecule has 1 aromatic carbocycles. The minimum Gasteiger partial charge on any atom is -0.340 e. The first-order chi connectivity index (χ1) is 8.89. The Labute approximate surface area is 117 Å². The molecule has 0 aromatic heterocycles. The van der Waals surface area contributed by atoms with Crippen LogP contribution in [0.1, 0.15) is 25.8 Å². The van der Waals surface area contributed by atoms with Gasteiger partial charge in [-0.1, -0.05) is 24.6 Å². The summed E-state index contributed by atoms with van der Waals surface area (Å²) in [6, 6.07) is 5.37. The van der Waals surface area contributed by atoms with Crippen molar-refractivity contribution in [1.82, 2.24) is 5.32 Å². The molecule has 1 unspecified atom stereocenters. The molecule has 1 fully saturated rings. The van der Waals surface area contributed by atoms with E-state index in [1.54, 1.807) is 19.1 Å². The lowest BCUT2D eigenvalue weighted by Crippen LogP contribution is -2.65. The zero-order valence-corrected chi connectivity index (χ0v) is 12.0. The number of amides is 2. The molecule has 1 saturated heterocycles. The summed E-state index contributed by atoms with van der Waals surface area (Å²) in [5.41, 5.74) is 0.669. The van der Waals surface area contributed by atoms with Crippen molar-refractivity contribution in [3.8, 4) is 0 Å². The van der Waals surface area contributed by atoms with Crippen molar-refractivity contribution in [2.24, 2.45) is 0 Å². The van der Waals surface area contributed by atoms with Crippen LogP contribution < -0.4 is 10.2 Å². The second-order valence-corrected chi connectivity index (χ2v) is 5.42. The third-order valence-electron chi connectivity index (χ3n) is 3.67. The van der Waals surface area contributed by atoms with Crippen LogP contribution in [-0.4, -0.2) is 23.9 Å². The molecule has 102 valence electrons. The van der Waals surface area contributed by atoms with Crippen LogP contribution in [0.4, 0.5) is 5.69 Å². The molecule has 1 aliphatic heterocycles. The summed E-state index contributed by atoms with van der Waals surface area (Å²) < 4.78 is 0. The maximum atomic E-state index is 12.6. The Morgan fingerprint density at radius 2 is 2.11 bits per heavy atom. The Kier molecular flexibility index (Phi) is 3.54. The van der Waals surface area contributed by atoms with Crippen molar-refractivity contribution in [2.75, 3.05) is 11.4 Å². The highest BCUT2D eigenvalue weighted by atomic mass is 35.5. The molecule has 0 saturated carbocycles. The third-order valence-corrected chi connectivity index (χ3v) is 4.08. The maximum absolute atomic E-state index is 12.6. The SMILES string of the molecule is CCC1(C)NC(=O)CN(c2cccc(Cl)c2C)C1=O. The van der Waals surface area contributed by atoms with E-state index in [2.05, 4.69) is 5.32 Å². The van der Waals surface area contributed by atoms with E-state index in [1.165, 1.54) is 4.90 Å². The zero-order valence-electron chi connectivity index (χ0n) is 11.3. The van der Waals surface area contributed by atoms with Crippen molar-refractivity contribution in [1.29, 1.82) is 0 Å². The molecule has 1 N–H and O–H groups in total. The van der Waals surface area contributed by atoms with Gasteiger partial charge in [-0.15, -0.1) is 0 Å². The molecule has 0 radical (unpaired) electrons. The number of carbonyl (C=O) groups excluding carboxylic acids is 2. The second-order valence-electron chi connectivity index (χ2n) is 5.01. The molecule has 2 amide bonds. The summed E-state index contributed by atoms with van der Waals surface area (Å²) in [6.07, 6.45) is 0.549. The van der Waals surface area contributed by atoms with Crippen LogP contribution in [0.5, 0.6) is 0 Å². The van der Waals surface area contributed by atoms with Gasteiger partial charge in [0, 0.05) is 10.7 Å². The largest absolute Gasteiger partial charge is 0.340 e. The van der Waals surface area contributed by atoms with Crippen LogP contribution in [0, 0.1) is 6.92 Å². The number of hydrogen-bond donors (Lipinski definition) is 1. The van der Waals surface area contributed by atoms with Gasteiger partial charge >= 0.3 is 0 Å². The van der Waals surface area contributed by atoms with Gasteiger partial charge in [0.25, 0.3) is 5.91 Å². The minimum absolute atomic E-state index is 0.0373. The molecular weight excluding hydrogens is 264 g/mol. The summed E-state index contributed by atoms with van der Waals surface area (Å²) in [7, 11) is 0. The number of nitrogens with zero attached hydrogens (tertiary/aromatic N) is 1. The molecule has 19 heavy (non-hydrogen) atoms. The smallest absolute Gasteiger partial charge is 0.252 e. The molecule has 5 heteroatoms. The fraction of sp³-hybridized carbons (Fsp3) is 0.429. The summed E-state index contributed by atoms with van der Waals surface area (Å²) in [5.74, 6) is -0.247. The quantitative estimate of drug-likeness (QED) is 0.903. The predicted octanol–water partition coefficient (Wildman–Crippen LogP) is 2.28. The normalized spacial score (nSPS) is 23.5. The molecule has 0 spiro atoms. The first kappa shape index (κ1) is 13.9. The highest BCUT2D eigenvalue weighted by molar-refractivity contribution is 6.31. The molecular formula is C14H17ClN2O2. The summed E-state index contributed by atoms with van der Waals surface area (Å²) in [5, 5.41) is 3.35. The van der Waals surface area contributed by atoms with Gasteiger partial charge in [-0.05, 0) is 38.0 Å². The lowest BCUT2D eigenvalue weighted by molar-refractivity contribution is -0.135. The zero-order chi connectivity index (χ0) is 14.2. The number of hydrogen-bond acceptors (Lipinski definition) is 2. The highest BCUT2D eigenvalue weighted by Gasteiger charge is 2.42. The number of rotatable bonds is 2. The summed E-state index contributed by atoms with van der Waals surface area (Å²) in [4.78, 5) is 25.9. The Balaban J connectivity index is 2.46. The minimum atomic E-state index is -0.843. The van der Waals surface area contributed by atoms with Crippen molar-refractivity contribution in [3.63, 3.8) is 0 Å². The van der Waals surface area contributed by atoms with Gasteiger partial charge in [0.2, 0.25) is 5.91 Å². The van der Waals surface area contributed by atoms with Crippen molar-refractivity contribution in [3.05, 3.63) is 28.8 Å². The Hall–Kier alpha value is -1.55. The number of carbonyl (C=O) groups is 2. The van der Waals surface area contributed by atoms with E-state index in [0.717, 1.165) is 5.56 Å². The molecule has 2 rings (SSSR count). The van der Waals surface area contributed by atoms with E-state index in [-0.39, 0.29) is 18.4 Å². The van der Waals surface area contributed by atoms with Gasteiger partial charge < -0.3 is 10.2 Å². The Morgan fingerprint density at radius 3 is 2.74 bits per heavy atom. The van der Waals surface area contributed by atoms with Crippen molar-refractivity contribution in [2.45, 2.75) is 32.7 Å². The number of nitrogens with one attached hydrogen (secondary N) is 1. The molecule has 0 aliphatic carbocycles. The fourth-order valence-electron chi connectivity index (χ4n) is 2.24. The predicted molar refractivity (Wildman–Crippen MR) is 75.4 cm³/mol. The van der Waals surface area contributed by atoms with E-state index in [1.807, 2.05) is 19.9 Å². The van der Waals surface area contributed by atoms with E-state index in [4.69, 9.17) is 11.6 Å².